The van der Waals surface area contributed by atoms with Crippen molar-refractivity contribution in [3.05, 3.63) is 27.9 Å². The van der Waals surface area contributed by atoms with Gasteiger partial charge in [0.15, 0.2) is 0 Å². The number of H-pyrrole nitrogens is 1. The lowest BCUT2D eigenvalue weighted by molar-refractivity contribution is 0.0156. The summed E-state index contributed by atoms with van der Waals surface area (Å²) >= 11 is 0. The van der Waals surface area contributed by atoms with E-state index in [9.17, 15) is 4.79 Å². The number of ether oxygens (including phenoxy) is 1. The van der Waals surface area contributed by atoms with Crippen molar-refractivity contribution in [2.45, 2.75) is 38.3 Å². The SMILES string of the molecule is CNCc1cc(=O)[nH]c(CC2CCCCO2)n1. The highest BCUT2D eigenvalue weighted by molar-refractivity contribution is 5.03. The molecule has 0 spiro atoms. The van der Waals surface area contributed by atoms with Crippen molar-refractivity contribution in [2.75, 3.05) is 13.7 Å². The molecule has 1 aliphatic rings. The van der Waals surface area contributed by atoms with E-state index in [1.54, 1.807) is 0 Å². The van der Waals surface area contributed by atoms with E-state index in [0.29, 0.717) is 13.0 Å². The maximum atomic E-state index is 11.5. The molecule has 94 valence electrons. The molecule has 1 aromatic rings. The minimum absolute atomic E-state index is 0.0870. The van der Waals surface area contributed by atoms with Gasteiger partial charge in [-0.2, -0.15) is 0 Å². The Kier molecular flexibility index (Phi) is 4.28. The third kappa shape index (κ3) is 3.64. The largest absolute Gasteiger partial charge is 0.378 e. The van der Waals surface area contributed by atoms with Crippen molar-refractivity contribution in [1.29, 1.82) is 0 Å². The first-order chi connectivity index (χ1) is 8.28. The summed E-state index contributed by atoms with van der Waals surface area (Å²) in [6, 6.07) is 1.53. The summed E-state index contributed by atoms with van der Waals surface area (Å²) in [6.45, 7) is 1.44. The molecule has 1 fully saturated rings. The van der Waals surface area contributed by atoms with Crippen LogP contribution in [0.5, 0.6) is 0 Å². The van der Waals surface area contributed by atoms with Gasteiger partial charge in [0, 0.05) is 25.6 Å². The molecule has 0 amide bonds. The Morgan fingerprint density at radius 1 is 1.59 bits per heavy atom. The predicted molar refractivity (Wildman–Crippen MR) is 64.9 cm³/mol. The third-order valence-electron chi connectivity index (χ3n) is 2.90. The quantitative estimate of drug-likeness (QED) is 0.804. The highest BCUT2D eigenvalue weighted by atomic mass is 16.5. The summed E-state index contributed by atoms with van der Waals surface area (Å²) in [7, 11) is 1.84. The monoisotopic (exact) mass is 237 g/mol. The Bertz CT molecular complexity index is 410. The lowest BCUT2D eigenvalue weighted by atomic mass is 10.1. The zero-order valence-corrected chi connectivity index (χ0v) is 10.2. The molecule has 2 N–H and O–H groups in total. The highest BCUT2D eigenvalue weighted by Crippen LogP contribution is 2.15. The normalized spacial score (nSPS) is 20.4. The number of hydrogen-bond acceptors (Lipinski definition) is 4. The maximum Gasteiger partial charge on any atom is 0.251 e. The first kappa shape index (κ1) is 12.3. The van der Waals surface area contributed by atoms with Crippen LogP contribution in [0.4, 0.5) is 0 Å². The molecular weight excluding hydrogens is 218 g/mol. The van der Waals surface area contributed by atoms with Crippen molar-refractivity contribution in [3.63, 3.8) is 0 Å². The Balaban J connectivity index is 2.06. The van der Waals surface area contributed by atoms with Crippen molar-refractivity contribution in [3.8, 4) is 0 Å². The summed E-state index contributed by atoms with van der Waals surface area (Å²) in [5.74, 6) is 0.731. The zero-order valence-electron chi connectivity index (χ0n) is 10.2. The summed E-state index contributed by atoms with van der Waals surface area (Å²) in [6.07, 6.45) is 4.30. The highest BCUT2D eigenvalue weighted by Gasteiger charge is 2.15. The molecule has 1 atom stereocenters. The second kappa shape index (κ2) is 5.93. The molecular formula is C12H19N3O2. The van der Waals surface area contributed by atoms with Crippen molar-refractivity contribution < 1.29 is 4.74 Å². The number of aromatic nitrogens is 2. The van der Waals surface area contributed by atoms with E-state index in [1.165, 1.54) is 12.5 Å². The second-order valence-corrected chi connectivity index (χ2v) is 4.41. The molecule has 5 heteroatoms. The maximum absolute atomic E-state index is 11.5. The molecule has 0 radical (unpaired) electrons. The summed E-state index contributed by atoms with van der Waals surface area (Å²) in [4.78, 5) is 18.7. The van der Waals surface area contributed by atoms with E-state index in [4.69, 9.17) is 4.74 Å². The van der Waals surface area contributed by atoms with E-state index in [1.807, 2.05) is 7.05 Å². The van der Waals surface area contributed by atoms with Gasteiger partial charge >= 0.3 is 0 Å². The fraction of sp³-hybridized carbons (Fsp3) is 0.667. The van der Waals surface area contributed by atoms with Crippen LogP contribution in [0, 0.1) is 0 Å². The molecule has 0 bridgehead atoms. The predicted octanol–water partition coefficient (Wildman–Crippen LogP) is 0.601. The summed E-state index contributed by atoms with van der Waals surface area (Å²) < 4.78 is 5.64. The minimum atomic E-state index is -0.0870. The topological polar surface area (TPSA) is 67.0 Å². The lowest BCUT2D eigenvalue weighted by Crippen LogP contribution is -2.25. The van der Waals surface area contributed by atoms with Crippen LogP contribution in [-0.2, 0) is 17.7 Å². The van der Waals surface area contributed by atoms with Crippen LogP contribution >= 0.6 is 0 Å². The van der Waals surface area contributed by atoms with Crippen molar-refractivity contribution >= 4 is 0 Å². The van der Waals surface area contributed by atoms with Gasteiger partial charge in [0.1, 0.15) is 5.82 Å². The summed E-state index contributed by atoms with van der Waals surface area (Å²) in [5.41, 5.74) is 0.693. The van der Waals surface area contributed by atoms with E-state index in [0.717, 1.165) is 31.0 Å². The van der Waals surface area contributed by atoms with Crippen LogP contribution < -0.4 is 10.9 Å². The van der Waals surface area contributed by atoms with Crippen LogP contribution in [-0.4, -0.2) is 29.7 Å². The van der Waals surface area contributed by atoms with Gasteiger partial charge in [-0.05, 0) is 26.3 Å². The van der Waals surface area contributed by atoms with E-state index < -0.39 is 0 Å². The number of rotatable bonds is 4. The Morgan fingerprint density at radius 2 is 2.47 bits per heavy atom. The minimum Gasteiger partial charge on any atom is -0.378 e. The molecule has 17 heavy (non-hydrogen) atoms. The molecule has 2 rings (SSSR count). The smallest absolute Gasteiger partial charge is 0.251 e. The van der Waals surface area contributed by atoms with E-state index >= 15 is 0 Å². The fourth-order valence-corrected chi connectivity index (χ4v) is 2.12. The van der Waals surface area contributed by atoms with Gasteiger partial charge in [-0.3, -0.25) is 4.79 Å². The van der Waals surface area contributed by atoms with Crippen LogP contribution in [0.15, 0.2) is 10.9 Å². The third-order valence-corrected chi connectivity index (χ3v) is 2.90. The molecule has 2 heterocycles. The Morgan fingerprint density at radius 3 is 3.18 bits per heavy atom. The van der Waals surface area contributed by atoms with Gasteiger partial charge in [-0.15, -0.1) is 0 Å². The molecule has 0 aliphatic carbocycles. The van der Waals surface area contributed by atoms with Crippen LogP contribution in [0.25, 0.3) is 0 Å². The van der Waals surface area contributed by atoms with Crippen LogP contribution in [0.3, 0.4) is 0 Å². The Hall–Kier alpha value is -1.20. The first-order valence-electron chi connectivity index (χ1n) is 6.13. The van der Waals surface area contributed by atoms with Gasteiger partial charge in [-0.25, -0.2) is 4.98 Å². The van der Waals surface area contributed by atoms with Crippen molar-refractivity contribution in [2.24, 2.45) is 0 Å². The average molecular weight is 237 g/mol. The number of hydrogen-bond donors (Lipinski definition) is 2. The van der Waals surface area contributed by atoms with E-state index in [-0.39, 0.29) is 11.7 Å². The first-order valence-corrected chi connectivity index (χ1v) is 6.13. The van der Waals surface area contributed by atoms with Crippen molar-refractivity contribution in [1.82, 2.24) is 15.3 Å². The van der Waals surface area contributed by atoms with E-state index in [2.05, 4.69) is 15.3 Å². The molecule has 5 nitrogen and oxygen atoms in total. The average Bonchev–Trinajstić information content (AvgIpc) is 2.30. The molecule has 0 saturated carbocycles. The van der Waals surface area contributed by atoms with Gasteiger partial charge in [0.25, 0.3) is 5.56 Å². The fourth-order valence-electron chi connectivity index (χ4n) is 2.12. The molecule has 1 unspecified atom stereocenters. The van der Waals surface area contributed by atoms with Gasteiger partial charge in [-0.1, -0.05) is 0 Å². The number of nitrogens with zero attached hydrogens (tertiary/aromatic N) is 1. The van der Waals surface area contributed by atoms with Crippen LogP contribution in [0.1, 0.15) is 30.8 Å². The summed E-state index contributed by atoms with van der Waals surface area (Å²) in [5, 5.41) is 3.00. The molecule has 1 aromatic heterocycles. The lowest BCUT2D eigenvalue weighted by Gasteiger charge is -2.22. The van der Waals surface area contributed by atoms with Gasteiger partial charge in [0.2, 0.25) is 0 Å². The number of nitrogens with one attached hydrogen (secondary N) is 2. The number of aromatic amines is 1. The zero-order chi connectivity index (χ0) is 12.1. The second-order valence-electron chi connectivity index (χ2n) is 4.41. The Labute approximate surface area is 101 Å². The van der Waals surface area contributed by atoms with Crippen LogP contribution in [0.2, 0.25) is 0 Å². The molecule has 1 aliphatic heterocycles. The van der Waals surface area contributed by atoms with Gasteiger partial charge in [0.05, 0.1) is 11.8 Å². The molecule has 0 aromatic carbocycles. The van der Waals surface area contributed by atoms with Gasteiger partial charge < -0.3 is 15.0 Å². The standard InChI is InChI=1S/C12H19N3O2/c1-13-8-9-6-12(16)15-11(14-9)7-10-4-2-3-5-17-10/h6,10,13H,2-5,7-8H2,1H3,(H,14,15,16). The molecule has 1 saturated heterocycles.